The summed E-state index contributed by atoms with van der Waals surface area (Å²) < 4.78 is 55.7. The van der Waals surface area contributed by atoms with Crippen molar-refractivity contribution < 1.29 is 17.2 Å². The van der Waals surface area contributed by atoms with Crippen LogP contribution in [-0.4, -0.2) is 23.0 Å². The molecular formula is C23H22F2N4O2S. The Labute approximate surface area is 184 Å². The minimum Gasteiger partial charge on any atom is -0.382 e. The zero-order valence-electron chi connectivity index (χ0n) is 18.0. The summed E-state index contributed by atoms with van der Waals surface area (Å²) >= 11 is 0. The molecule has 32 heavy (non-hydrogen) atoms. The molecule has 6 nitrogen and oxygen atoms in total. The van der Waals surface area contributed by atoms with E-state index in [2.05, 4.69) is 9.97 Å². The molecule has 2 heterocycles. The van der Waals surface area contributed by atoms with E-state index in [0.717, 1.165) is 28.9 Å². The van der Waals surface area contributed by atoms with Gasteiger partial charge in [0.1, 0.15) is 27.9 Å². The van der Waals surface area contributed by atoms with Gasteiger partial charge in [-0.15, -0.1) is 0 Å². The number of anilines is 1. The number of nitrogens with two attached hydrogens (primary N) is 1. The Morgan fingerprint density at radius 1 is 1.03 bits per heavy atom. The number of sulfone groups is 1. The maximum atomic E-state index is 14.3. The van der Waals surface area contributed by atoms with E-state index in [-0.39, 0.29) is 10.8 Å². The highest BCUT2D eigenvalue weighted by Crippen LogP contribution is 2.33. The molecule has 0 bridgehead atoms. The monoisotopic (exact) mass is 456 g/mol. The van der Waals surface area contributed by atoms with Crippen molar-refractivity contribution in [3.8, 4) is 5.69 Å². The molecule has 0 aliphatic heterocycles. The molecule has 2 aromatic carbocycles. The first-order chi connectivity index (χ1) is 15.0. The van der Waals surface area contributed by atoms with Crippen LogP contribution in [0.5, 0.6) is 0 Å². The zero-order valence-corrected chi connectivity index (χ0v) is 18.8. The first-order valence-corrected chi connectivity index (χ1v) is 11.5. The van der Waals surface area contributed by atoms with Crippen molar-refractivity contribution in [2.75, 3.05) is 5.73 Å². The quantitative estimate of drug-likeness (QED) is 0.443. The smallest absolute Gasteiger partial charge is 0.209 e. The Morgan fingerprint density at radius 2 is 1.75 bits per heavy atom. The molecule has 0 fully saturated rings. The number of rotatable bonds is 4. The molecule has 0 unspecified atom stereocenters. The van der Waals surface area contributed by atoms with Gasteiger partial charge in [0.05, 0.1) is 10.4 Å². The minimum absolute atomic E-state index is 0.00341. The average molecular weight is 457 g/mol. The highest BCUT2D eigenvalue weighted by atomic mass is 32.2. The van der Waals surface area contributed by atoms with Crippen LogP contribution < -0.4 is 5.73 Å². The molecular weight excluding hydrogens is 434 g/mol. The van der Waals surface area contributed by atoms with Gasteiger partial charge in [-0.1, -0.05) is 19.9 Å². The molecule has 0 aliphatic rings. The van der Waals surface area contributed by atoms with Gasteiger partial charge in [-0.25, -0.2) is 27.2 Å². The summed E-state index contributed by atoms with van der Waals surface area (Å²) in [6.45, 7) is 7.69. The summed E-state index contributed by atoms with van der Waals surface area (Å²) in [5.41, 5.74) is 9.55. The fourth-order valence-corrected chi connectivity index (χ4v) is 5.06. The maximum Gasteiger partial charge on any atom is 0.209 e. The van der Waals surface area contributed by atoms with Crippen molar-refractivity contribution in [3.63, 3.8) is 0 Å². The summed E-state index contributed by atoms with van der Waals surface area (Å²) in [6.07, 6.45) is 0. The SMILES string of the molecule is Cc1nc(N)c2nc(C(C)C)n(-c3cccc(S(=O)(=O)c4ccc(F)cc4F)c3)c2c1C. The van der Waals surface area contributed by atoms with Crippen LogP contribution in [0.1, 0.15) is 36.8 Å². The molecule has 2 N–H and O–H groups in total. The molecule has 0 amide bonds. The van der Waals surface area contributed by atoms with Crippen molar-refractivity contribution in [1.29, 1.82) is 0 Å². The third kappa shape index (κ3) is 3.42. The number of benzene rings is 2. The lowest BCUT2D eigenvalue weighted by Gasteiger charge is -2.15. The molecule has 4 aromatic rings. The second-order valence-corrected chi connectivity index (χ2v) is 9.86. The van der Waals surface area contributed by atoms with Gasteiger partial charge >= 0.3 is 0 Å². The normalized spacial score (nSPS) is 12.1. The van der Waals surface area contributed by atoms with Crippen LogP contribution in [0.15, 0.2) is 52.3 Å². The van der Waals surface area contributed by atoms with Gasteiger partial charge in [-0.2, -0.15) is 0 Å². The summed E-state index contributed by atoms with van der Waals surface area (Å²) in [5.74, 6) is -1.02. The highest BCUT2D eigenvalue weighted by Gasteiger charge is 2.25. The van der Waals surface area contributed by atoms with E-state index in [4.69, 9.17) is 5.73 Å². The molecule has 0 atom stereocenters. The summed E-state index contributed by atoms with van der Waals surface area (Å²) in [6, 6.07) is 8.56. The van der Waals surface area contributed by atoms with Crippen molar-refractivity contribution >= 4 is 26.7 Å². The van der Waals surface area contributed by atoms with Crippen molar-refractivity contribution in [2.45, 2.75) is 43.4 Å². The number of halogens is 2. The molecule has 0 radical (unpaired) electrons. The topological polar surface area (TPSA) is 90.9 Å². The van der Waals surface area contributed by atoms with Gasteiger partial charge in [-0.05, 0) is 49.7 Å². The number of aryl methyl sites for hydroxylation is 2. The number of nitrogen functional groups attached to an aromatic ring is 1. The Hall–Kier alpha value is -3.33. The van der Waals surface area contributed by atoms with E-state index in [1.165, 1.54) is 12.1 Å². The van der Waals surface area contributed by atoms with Crippen molar-refractivity contribution in [3.05, 3.63) is 71.2 Å². The number of hydrogen-bond acceptors (Lipinski definition) is 5. The van der Waals surface area contributed by atoms with Gasteiger partial charge in [0.2, 0.25) is 9.84 Å². The molecule has 2 aromatic heterocycles. The van der Waals surface area contributed by atoms with Crippen LogP contribution in [0.4, 0.5) is 14.6 Å². The molecule has 0 saturated heterocycles. The van der Waals surface area contributed by atoms with E-state index in [9.17, 15) is 17.2 Å². The van der Waals surface area contributed by atoms with E-state index < -0.39 is 26.4 Å². The maximum absolute atomic E-state index is 14.3. The van der Waals surface area contributed by atoms with Gasteiger partial charge in [-0.3, -0.25) is 4.57 Å². The van der Waals surface area contributed by atoms with Crippen molar-refractivity contribution in [1.82, 2.24) is 14.5 Å². The Kier molecular flexibility index (Phi) is 5.24. The third-order valence-corrected chi connectivity index (χ3v) is 7.20. The predicted molar refractivity (Wildman–Crippen MR) is 119 cm³/mol. The lowest BCUT2D eigenvalue weighted by molar-refractivity contribution is 0.549. The average Bonchev–Trinajstić information content (AvgIpc) is 3.14. The summed E-state index contributed by atoms with van der Waals surface area (Å²) in [4.78, 5) is 8.34. The van der Waals surface area contributed by atoms with Gasteiger partial charge in [0.25, 0.3) is 0 Å². The number of aromatic nitrogens is 3. The number of pyridine rings is 1. The van der Waals surface area contributed by atoms with Crippen molar-refractivity contribution in [2.24, 2.45) is 0 Å². The Balaban J connectivity index is 1.99. The number of imidazole rings is 1. The number of fused-ring (bicyclic) bond motifs is 1. The van der Waals surface area contributed by atoms with Crippen LogP contribution in [0.25, 0.3) is 16.7 Å². The van der Waals surface area contributed by atoms with Gasteiger partial charge in [0.15, 0.2) is 5.82 Å². The van der Waals surface area contributed by atoms with E-state index >= 15 is 0 Å². The zero-order chi connectivity index (χ0) is 23.4. The van der Waals surface area contributed by atoms with Crippen LogP contribution in [-0.2, 0) is 9.84 Å². The number of hydrogen-bond donors (Lipinski definition) is 1. The molecule has 0 spiro atoms. The second kappa shape index (κ2) is 7.67. The summed E-state index contributed by atoms with van der Waals surface area (Å²) in [7, 11) is -4.23. The third-order valence-electron chi connectivity index (χ3n) is 5.42. The number of nitrogens with zero attached hydrogens (tertiary/aromatic N) is 3. The molecule has 0 aliphatic carbocycles. The van der Waals surface area contributed by atoms with Crippen LogP contribution in [0, 0.1) is 25.5 Å². The molecule has 166 valence electrons. The standard InChI is InChI=1S/C23H22F2N4O2S/c1-12(2)23-28-20-21(13(3)14(4)27-22(20)26)29(23)16-6-5-7-17(11-16)32(30,31)19-9-8-15(24)10-18(19)25/h5-12H,1-4H3,(H2,26,27). The lowest BCUT2D eigenvalue weighted by Crippen LogP contribution is -2.08. The van der Waals surface area contributed by atoms with Crippen LogP contribution in [0.2, 0.25) is 0 Å². The van der Waals surface area contributed by atoms with E-state index in [1.54, 1.807) is 12.1 Å². The van der Waals surface area contributed by atoms with Gasteiger partial charge in [0, 0.05) is 23.4 Å². The predicted octanol–water partition coefficient (Wildman–Crippen LogP) is 4.85. The first kappa shape index (κ1) is 21.9. The van der Waals surface area contributed by atoms with E-state index in [0.29, 0.717) is 28.9 Å². The fourth-order valence-electron chi connectivity index (χ4n) is 3.71. The van der Waals surface area contributed by atoms with Crippen LogP contribution >= 0.6 is 0 Å². The Bertz CT molecular complexity index is 1480. The lowest BCUT2D eigenvalue weighted by atomic mass is 10.1. The van der Waals surface area contributed by atoms with Crippen LogP contribution in [0.3, 0.4) is 0 Å². The molecule has 0 saturated carbocycles. The second-order valence-electron chi connectivity index (χ2n) is 7.94. The largest absolute Gasteiger partial charge is 0.382 e. The highest BCUT2D eigenvalue weighted by molar-refractivity contribution is 7.91. The first-order valence-electron chi connectivity index (χ1n) is 9.98. The molecule has 4 rings (SSSR count). The van der Waals surface area contributed by atoms with Gasteiger partial charge < -0.3 is 5.73 Å². The Morgan fingerprint density at radius 3 is 2.41 bits per heavy atom. The minimum atomic E-state index is -4.23. The van der Waals surface area contributed by atoms with E-state index in [1.807, 2.05) is 32.3 Å². The summed E-state index contributed by atoms with van der Waals surface area (Å²) in [5, 5.41) is 0. The molecule has 9 heteroatoms. The fraction of sp³-hybridized carbons (Fsp3) is 0.217.